The van der Waals surface area contributed by atoms with Crippen LogP contribution >= 0.6 is 11.8 Å². The Morgan fingerprint density at radius 1 is 1.12 bits per heavy atom. The normalized spacial score (nSPS) is 15.0. The molecule has 2 aromatic rings. The summed E-state index contributed by atoms with van der Waals surface area (Å²) in [5, 5.41) is 6.71. The van der Waals surface area contributed by atoms with E-state index >= 15 is 0 Å². The van der Waals surface area contributed by atoms with Crippen LogP contribution in [-0.4, -0.2) is 49.1 Å². The van der Waals surface area contributed by atoms with Gasteiger partial charge in [0.05, 0.1) is 0 Å². The molecule has 1 aliphatic rings. The Labute approximate surface area is 160 Å². The fourth-order valence-corrected chi connectivity index (χ4v) is 3.81. The molecule has 3 rings (SSSR count). The van der Waals surface area contributed by atoms with Crippen LogP contribution in [0.25, 0.3) is 0 Å². The third kappa shape index (κ3) is 5.66. The maximum absolute atomic E-state index is 4.34. The molecule has 0 radical (unpaired) electrons. The van der Waals surface area contributed by atoms with Gasteiger partial charge in [-0.2, -0.15) is 11.8 Å². The van der Waals surface area contributed by atoms with Crippen LogP contribution in [0.2, 0.25) is 0 Å². The molecule has 0 amide bonds. The van der Waals surface area contributed by atoms with Crippen LogP contribution in [0, 0.1) is 0 Å². The first-order valence-corrected chi connectivity index (χ1v) is 10.3. The second-order valence-electron chi connectivity index (χ2n) is 6.19. The van der Waals surface area contributed by atoms with E-state index in [4.69, 9.17) is 0 Å². The molecule has 0 unspecified atom stereocenters. The van der Waals surface area contributed by atoms with Crippen LogP contribution in [0.1, 0.15) is 11.3 Å². The molecule has 6 heteroatoms. The van der Waals surface area contributed by atoms with Gasteiger partial charge in [0.15, 0.2) is 5.96 Å². The quantitative estimate of drug-likeness (QED) is 0.605. The molecule has 138 valence electrons. The molecule has 1 fully saturated rings. The van der Waals surface area contributed by atoms with Crippen molar-refractivity contribution in [2.24, 2.45) is 4.99 Å². The van der Waals surface area contributed by atoms with Crippen molar-refractivity contribution >= 4 is 23.4 Å². The number of benzene rings is 1. The number of pyridine rings is 1. The fourth-order valence-electron chi connectivity index (χ4n) is 2.91. The average Bonchev–Trinajstić information content (AvgIpc) is 2.72. The average molecular weight is 370 g/mol. The van der Waals surface area contributed by atoms with Gasteiger partial charge in [-0.05, 0) is 29.8 Å². The minimum absolute atomic E-state index is 0.763. The lowest BCUT2D eigenvalue weighted by Gasteiger charge is -2.28. The van der Waals surface area contributed by atoms with E-state index < -0.39 is 0 Å². The Hall–Kier alpha value is -2.21. The van der Waals surface area contributed by atoms with E-state index in [0.29, 0.717) is 0 Å². The smallest absolute Gasteiger partial charge is 0.191 e. The zero-order chi connectivity index (χ0) is 18.0. The first kappa shape index (κ1) is 18.6. The molecule has 1 aromatic carbocycles. The number of aliphatic imine (C=N–C) groups is 1. The first-order chi connectivity index (χ1) is 12.8. The number of guanidine groups is 1. The molecule has 0 saturated carbocycles. The number of aromatic nitrogens is 1. The SMILES string of the molecule is CN=C(NCCc1ccccn1)NCc1ccc(N2CCSCC2)cc1. The number of anilines is 1. The summed E-state index contributed by atoms with van der Waals surface area (Å²) in [5.41, 5.74) is 3.67. The molecule has 0 aliphatic carbocycles. The molecule has 0 atom stereocenters. The summed E-state index contributed by atoms with van der Waals surface area (Å²) in [6, 6.07) is 14.8. The molecule has 0 spiro atoms. The van der Waals surface area contributed by atoms with E-state index in [1.54, 1.807) is 7.05 Å². The summed E-state index contributed by atoms with van der Waals surface area (Å²) in [6.45, 7) is 3.87. The Balaban J connectivity index is 1.43. The van der Waals surface area contributed by atoms with E-state index in [0.717, 1.165) is 44.3 Å². The number of nitrogens with one attached hydrogen (secondary N) is 2. The molecule has 2 N–H and O–H groups in total. The Morgan fingerprint density at radius 3 is 2.62 bits per heavy atom. The van der Waals surface area contributed by atoms with Gasteiger partial charge in [-0.3, -0.25) is 9.98 Å². The second-order valence-corrected chi connectivity index (χ2v) is 7.41. The number of hydrogen-bond donors (Lipinski definition) is 2. The maximum Gasteiger partial charge on any atom is 0.191 e. The zero-order valence-corrected chi connectivity index (χ0v) is 16.1. The highest BCUT2D eigenvalue weighted by Crippen LogP contribution is 2.19. The lowest BCUT2D eigenvalue weighted by atomic mass is 10.2. The van der Waals surface area contributed by atoms with E-state index in [-0.39, 0.29) is 0 Å². The topological polar surface area (TPSA) is 52.6 Å². The summed E-state index contributed by atoms with van der Waals surface area (Å²) in [5.74, 6) is 3.27. The van der Waals surface area contributed by atoms with E-state index in [1.807, 2.05) is 36.2 Å². The van der Waals surface area contributed by atoms with Crippen LogP contribution in [0.4, 0.5) is 5.69 Å². The van der Waals surface area contributed by atoms with Gasteiger partial charge in [0, 0.05) is 68.7 Å². The Bertz CT molecular complexity index is 681. The standard InChI is InChI=1S/C20H27N5S/c1-21-20(23-11-9-18-4-2-3-10-22-18)24-16-17-5-7-19(8-6-17)25-12-14-26-15-13-25/h2-8,10H,9,11-16H2,1H3,(H2,21,23,24). The van der Waals surface area contributed by atoms with Crippen molar-refractivity contribution in [2.45, 2.75) is 13.0 Å². The highest BCUT2D eigenvalue weighted by atomic mass is 32.2. The third-order valence-corrected chi connectivity index (χ3v) is 5.34. The minimum Gasteiger partial charge on any atom is -0.370 e. The molecule has 5 nitrogen and oxygen atoms in total. The van der Waals surface area contributed by atoms with Gasteiger partial charge < -0.3 is 15.5 Å². The highest BCUT2D eigenvalue weighted by molar-refractivity contribution is 7.99. The summed E-state index contributed by atoms with van der Waals surface area (Å²) >= 11 is 2.04. The van der Waals surface area contributed by atoms with Crippen LogP contribution in [-0.2, 0) is 13.0 Å². The van der Waals surface area contributed by atoms with Crippen LogP contribution in [0.15, 0.2) is 53.7 Å². The van der Waals surface area contributed by atoms with Crippen LogP contribution in [0.5, 0.6) is 0 Å². The second kappa shape index (κ2) is 10.1. The van der Waals surface area contributed by atoms with Crippen molar-refractivity contribution in [1.29, 1.82) is 0 Å². The highest BCUT2D eigenvalue weighted by Gasteiger charge is 2.10. The summed E-state index contributed by atoms with van der Waals surface area (Å²) in [6.07, 6.45) is 2.71. The lowest BCUT2D eigenvalue weighted by Crippen LogP contribution is -2.38. The summed E-state index contributed by atoms with van der Waals surface area (Å²) < 4.78 is 0. The molecule has 2 heterocycles. The number of nitrogens with zero attached hydrogens (tertiary/aromatic N) is 3. The van der Waals surface area contributed by atoms with Crippen LogP contribution < -0.4 is 15.5 Å². The van der Waals surface area contributed by atoms with Crippen molar-refractivity contribution in [3.8, 4) is 0 Å². The van der Waals surface area contributed by atoms with Gasteiger partial charge in [0.2, 0.25) is 0 Å². The third-order valence-electron chi connectivity index (χ3n) is 4.40. The van der Waals surface area contributed by atoms with Crippen molar-refractivity contribution in [3.05, 3.63) is 59.9 Å². The van der Waals surface area contributed by atoms with Gasteiger partial charge in [-0.15, -0.1) is 0 Å². The van der Waals surface area contributed by atoms with Crippen molar-refractivity contribution in [3.63, 3.8) is 0 Å². The van der Waals surface area contributed by atoms with Gasteiger partial charge in [-0.1, -0.05) is 18.2 Å². The van der Waals surface area contributed by atoms with Gasteiger partial charge in [0.1, 0.15) is 0 Å². The molecular formula is C20H27N5S. The Kier molecular flexibility index (Phi) is 7.19. The van der Waals surface area contributed by atoms with Gasteiger partial charge in [-0.25, -0.2) is 0 Å². The van der Waals surface area contributed by atoms with Crippen LogP contribution in [0.3, 0.4) is 0 Å². The van der Waals surface area contributed by atoms with E-state index in [1.165, 1.54) is 22.8 Å². The molecule has 1 aliphatic heterocycles. The molecule has 1 saturated heterocycles. The van der Waals surface area contributed by atoms with Crippen molar-refractivity contribution < 1.29 is 0 Å². The first-order valence-electron chi connectivity index (χ1n) is 9.11. The van der Waals surface area contributed by atoms with E-state index in [2.05, 4.69) is 49.8 Å². The zero-order valence-electron chi connectivity index (χ0n) is 15.3. The van der Waals surface area contributed by atoms with Gasteiger partial charge in [0.25, 0.3) is 0 Å². The minimum atomic E-state index is 0.763. The maximum atomic E-state index is 4.34. The fraction of sp³-hybridized carbons (Fsp3) is 0.400. The van der Waals surface area contributed by atoms with Gasteiger partial charge >= 0.3 is 0 Å². The number of hydrogen-bond acceptors (Lipinski definition) is 4. The summed E-state index contributed by atoms with van der Waals surface area (Å²) in [7, 11) is 1.80. The van der Waals surface area contributed by atoms with Crippen molar-refractivity contribution in [2.75, 3.05) is 43.1 Å². The van der Waals surface area contributed by atoms with Crippen molar-refractivity contribution in [1.82, 2.24) is 15.6 Å². The van der Waals surface area contributed by atoms with E-state index in [9.17, 15) is 0 Å². The molecule has 0 bridgehead atoms. The number of thioether (sulfide) groups is 1. The molecular weight excluding hydrogens is 342 g/mol. The molecule has 26 heavy (non-hydrogen) atoms. The summed E-state index contributed by atoms with van der Waals surface area (Å²) in [4.78, 5) is 11.1. The monoisotopic (exact) mass is 369 g/mol. The number of rotatable bonds is 6. The molecule has 1 aromatic heterocycles. The predicted molar refractivity (Wildman–Crippen MR) is 112 cm³/mol. The largest absolute Gasteiger partial charge is 0.370 e. The Morgan fingerprint density at radius 2 is 1.92 bits per heavy atom. The lowest BCUT2D eigenvalue weighted by molar-refractivity contribution is 0.784. The predicted octanol–water partition coefficient (Wildman–Crippen LogP) is 2.54.